The number of aliphatic hydroxyl groups excluding tert-OH is 5. The number of carbonyl (C=O) groups is 2. The topological polar surface area (TPSA) is 314 Å². The molecule has 0 saturated heterocycles. The van der Waals surface area contributed by atoms with Gasteiger partial charge in [0.15, 0.2) is 28.4 Å². The normalized spacial score (nSPS) is 15.7. The van der Waals surface area contributed by atoms with E-state index in [1.165, 1.54) is 16.7 Å². The van der Waals surface area contributed by atoms with Crippen LogP contribution >= 0.6 is 11.6 Å². The fraction of sp³-hybridized carbons (Fsp3) is 0.500. The van der Waals surface area contributed by atoms with Gasteiger partial charge in [0.05, 0.1) is 18.8 Å². The van der Waals surface area contributed by atoms with Crippen LogP contribution < -0.4 is 38.9 Å². The number of nitrogen functional groups attached to an aromatic ring is 2. The van der Waals surface area contributed by atoms with Crippen LogP contribution in [-0.2, 0) is 36.9 Å². The zero-order valence-corrected chi connectivity index (χ0v) is 32.1. The number of nitrogens with two attached hydrogens (primary N) is 4. The number of hydrogen-bond acceptors (Lipinski definition) is 14. The molecule has 0 bridgehead atoms. The van der Waals surface area contributed by atoms with Gasteiger partial charge in [-0.05, 0) is 111 Å². The Hall–Kier alpha value is -4.46. The van der Waals surface area contributed by atoms with Crippen molar-refractivity contribution >= 4 is 46.7 Å². The number of carbonyl (C=O) groups excluding carboxylic acids is 2. The van der Waals surface area contributed by atoms with E-state index >= 15 is 0 Å². The number of aromatic nitrogens is 2. The van der Waals surface area contributed by atoms with Crippen molar-refractivity contribution in [3.63, 3.8) is 0 Å². The van der Waals surface area contributed by atoms with Gasteiger partial charge in [-0.2, -0.15) is 0 Å². The third-order valence-corrected chi connectivity index (χ3v) is 10.0. The summed E-state index contributed by atoms with van der Waals surface area (Å²) in [5.41, 5.74) is 30.1. The number of unbranched alkanes of at least 4 members (excludes halogenated alkanes) is 1. The fourth-order valence-electron chi connectivity index (χ4n) is 6.56. The van der Waals surface area contributed by atoms with Crippen LogP contribution in [0.2, 0.25) is 5.15 Å². The van der Waals surface area contributed by atoms with Gasteiger partial charge in [0.25, 0.3) is 5.91 Å². The molecule has 56 heavy (non-hydrogen) atoms. The minimum atomic E-state index is -1.65. The molecular weight excluding hydrogens is 744 g/mol. The third-order valence-electron chi connectivity index (χ3n) is 9.72. The first-order chi connectivity index (χ1) is 26.8. The maximum atomic E-state index is 13.1. The number of anilines is 3. The van der Waals surface area contributed by atoms with Gasteiger partial charge < -0.3 is 59.1 Å². The largest absolute Gasteiger partial charge is 0.394 e. The Bertz CT molecular complexity index is 1800. The van der Waals surface area contributed by atoms with Crippen LogP contribution in [0, 0.1) is 0 Å². The molecule has 17 nitrogen and oxygen atoms in total. The zero-order chi connectivity index (χ0) is 40.8. The smallest absolute Gasteiger partial charge is 0.280 e. The highest BCUT2D eigenvalue weighted by atomic mass is 35.5. The lowest BCUT2D eigenvalue weighted by atomic mass is 9.82. The van der Waals surface area contributed by atoms with Crippen LogP contribution in [-0.4, -0.2) is 110 Å². The lowest BCUT2D eigenvalue weighted by Crippen LogP contribution is -2.49. The Labute approximate surface area is 331 Å². The summed E-state index contributed by atoms with van der Waals surface area (Å²) in [7, 11) is 0. The third kappa shape index (κ3) is 12.8. The Morgan fingerprint density at radius 3 is 2.21 bits per heavy atom. The van der Waals surface area contributed by atoms with Crippen LogP contribution in [0.5, 0.6) is 0 Å². The predicted octanol–water partition coefficient (Wildman–Crippen LogP) is -0.293. The maximum absolute atomic E-state index is 13.1. The first-order valence-corrected chi connectivity index (χ1v) is 19.2. The van der Waals surface area contributed by atoms with Crippen molar-refractivity contribution in [1.29, 1.82) is 0 Å². The predicted molar refractivity (Wildman–Crippen MR) is 215 cm³/mol. The van der Waals surface area contributed by atoms with Gasteiger partial charge in [0.2, 0.25) is 5.91 Å². The van der Waals surface area contributed by atoms with Crippen molar-refractivity contribution in [2.45, 2.75) is 94.7 Å². The molecule has 2 amide bonds. The van der Waals surface area contributed by atoms with Crippen LogP contribution in [0.1, 0.15) is 70.4 Å². The van der Waals surface area contributed by atoms with Gasteiger partial charge in [-0.25, -0.2) is 9.97 Å². The average Bonchev–Trinajstić information content (AvgIpc) is 3.19. The number of aryl methyl sites for hydroxylation is 2. The Morgan fingerprint density at radius 2 is 1.52 bits per heavy atom. The number of guanidine groups is 1. The zero-order valence-electron chi connectivity index (χ0n) is 31.3. The first-order valence-electron chi connectivity index (χ1n) is 18.8. The van der Waals surface area contributed by atoms with Gasteiger partial charge in [-0.1, -0.05) is 35.9 Å². The molecule has 0 saturated carbocycles. The average molecular weight is 799 g/mol. The molecule has 1 aromatic heterocycles. The molecule has 4 rings (SSSR count). The quantitative estimate of drug-likeness (QED) is 0.0397. The van der Waals surface area contributed by atoms with Crippen LogP contribution in [0.4, 0.5) is 17.3 Å². The van der Waals surface area contributed by atoms with E-state index in [4.69, 9.17) is 39.6 Å². The number of amides is 2. The van der Waals surface area contributed by atoms with E-state index < -0.39 is 43.0 Å². The van der Waals surface area contributed by atoms with Crippen LogP contribution in [0.25, 0.3) is 0 Å². The molecule has 18 heteroatoms. The molecule has 0 unspecified atom stereocenters. The summed E-state index contributed by atoms with van der Waals surface area (Å²) >= 11 is 5.85. The Kier molecular flexibility index (Phi) is 17.2. The number of nitrogens with one attached hydrogen (secondary N) is 3. The molecule has 2 aromatic carbocycles. The molecule has 0 aliphatic heterocycles. The van der Waals surface area contributed by atoms with Crippen molar-refractivity contribution in [1.82, 2.24) is 20.6 Å². The lowest BCUT2D eigenvalue weighted by Gasteiger charge is -2.25. The van der Waals surface area contributed by atoms with Crippen LogP contribution in [0.15, 0.2) is 41.4 Å². The van der Waals surface area contributed by atoms with E-state index in [0.717, 1.165) is 68.9 Å². The molecule has 1 aliphatic carbocycles. The summed E-state index contributed by atoms with van der Waals surface area (Å²) in [4.78, 5) is 37.5. The van der Waals surface area contributed by atoms with Gasteiger partial charge in [0, 0.05) is 18.8 Å². The van der Waals surface area contributed by atoms with Crippen molar-refractivity contribution in [2.75, 3.05) is 43.0 Å². The van der Waals surface area contributed by atoms with Crippen molar-refractivity contribution in [3.8, 4) is 0 Å². The second kappa shape index (κ2) is 21.7. The molecule has 0 fully saturated rings. The number of nitrogens with zero attached hydrogens (tertiary/aromatic N) is 3. The van der Waals surface area contributed by atoms with Gasteiger partial charge in [0.1, 0.15) is 18.3 Å². The summed E-state index contributed by atoms with van der Waals surface area (Å²) in [6.07, 6.45) is 2.34. The van der Waals surface area contributed by atoms with Crippen molar-refractivity contribution < 1.29 is 35.1 Å². The Balaban J connectivity index is 1.20. The number of fused-ring (bicyclic) bond motifs is 1. The summed E-state index contributed by atoms with van der Waals surface area (Å²) in [5, 5.41) is 56.2. The lowest BCUT2D eigenvalue weighted by molar-refractivity contribution is -0.117. The fourth-order valence-corrected chi connectivity index (χ4v) is 6.69. The van der Waals surface area contributed by atoms with E-state index in [9.17, 15) is 30.0 Å². The monoisotopic (exact) mass is 798 g/mol. The minimum absolute atomic E-state index is 0.00444. The second-order valence-corrected chi connectivity index (χ2v) is 14.3. The molecule has 1 aliphatic rings. The number of aliphatic imine (C=N–C) groups is 1. The molecular formula is C38H55ClN10O7. The highest BCUT2D eigenvalue weighted by molar-refractivity contribution is 6.31. The van der Waals surface area contributed by atoms with E-state index in [1.807, 2.05) is 24.3 Å². The van der Waals surface area contributed by atoms with E-state index in [2.05, 4.69) is 43.0 Å². The van der Waals surface area contributed by atoms with Crippen LogP contribution in [0.3, 0.4) is 0 Å². The molecule has 0 radical (unpaired) electrons. The molecule has 306 valence electrons. The maximum Gasteiger partial charge on any atom is 0.280 e. The number of hydrogen-bond donors (Lipinski definition) is 12. The van der Waals surface area contributed by atoms with E-state index in [1.54, 1.807) is 0 Å². The summed E-state index contributed by atoms with van der Waals surface area (Å²) in [6, 6.07) is 11.0. The summed E-state index contributed by atoms with van der Waals surface area (Å²) in [5.74, 6) is -1.27. The summed E-state index contributed by atoms with van der Waals surface area (Å²) in [6.45, 7) is 0.219. The molecule has 1 heterocycles. The standard InChI is InChI=1S/C38H55ClN10O7/c39-33-35(42)48-34(41)30(47-33)37(56)49-38(43)45-17-4-3-7-22-12-13-23(26-9-2-1-8-25(22)26)18-27(40)36(55)46-24-14-10-21(11-15-24)6-5-16-44-19-28(51)31(53)32(54)29(52)20-50/h10-15,27-29,31-32,44,50-54H,1-9,16-20,40H2,(H,46,55)(H4,41,42,48)(H3,43,45,49,56)/t27-,28-,29+,31+,32+/m0/s1. The van der Waals surface area contributed by atoms with E-state index in [0.29, 0.717) is 25.2 Å². The molecule has 5 atom stereocenters. The summed E-state index contributed by atoms with van der Waals surface area (Å²) < 4.78 is 0. The highest BCUT2D eigenvalue weighted by Crippen LogP contribution is 2.30. The first kappa shape index (κ1) is 44.3. The second-order valence-electron chi connectivity index (χ2n) is 14.0. The van der Waals surface area contributed by atoms with Gasteiger partial charge >= 0.3 is 0 Å². The molecule has 0 spiro atoms. The van der Waals surface area contributed by atoms with Crippen molar-refractivity contribution in [2.24, 2.45) is 16.5 Å². The Morgan fingerprint density at radius 1 is 0.857 bits per heavy atom. The highest BCUT2D eigenvalue weighted by Gasteiger charge is 2.29. The SMILES string of the molecule is NC(=NCCCCc1ccc(C[C@H](N)C(=O)Nc2ccc(CCCNC[C@H](O)[C@@H](O)[C@H](O)[C@H](O)CO)cc2)c2c1CCCC2)NC(=O)c1nc(Cl)c(N)nc1N. The van der Waals surface area contributed by atoms with Crippen molar-refractivity contribution in [3.05, 3.63) is 75.1 Å². The van der Waals surface area contributed by atoms with Gasteiger partial charge in [-0.15, -0.1) is 0 Å². The number of benzene rings is 2. The molecule has 16 N–H and O–H groups in total. The molecule has 3 aromatic rings. The minimum Gasteiger partial charge on any atom is -0.394 e. The van der Waals surface area contributed by atoms with E-state index in [-0.39, 0.29) is 40.9 Å². The number of rotatable bonds is 20. The number of aliphatic hydroxyl groups is 5. The van der Waals surface area contributed by atoms with Gasteiger partial charge in [-0.3, -0.25) is 19.9 Å². The number of halogens is 1.